The molecule has 2 aromatic heterocycles. The van der Waals surface area contributed by atoms with Gasteiger partial charge in [-0.3, -0.25) is 9.59 Å². The number of aliphatic hydroxyl groups is 1. The summed E-state index contributed by atoms with van der Waals surface area (Å²) in [6.45, 7) is 2.06. The van der Waals surface area contributed by atoms with Crippen molar-refractivity contribution in [1.82, 2.24) is 20.1 Å². The zero-order valence-electron chi connectivity index (χ0n) is 21.0. The first-order chi connectivity index (χ1) is 17.9. The van der Waals surface area contributed by atoms with Gasteiger partial charge in [0.25, 0.3) is 17.3 Å². The van der Waals surface area contributed by atoms with Crippen LogP contribution < -0.4 is 15.6 Å². The van der Waals surface area contributed by atoms with E-state index in [4.69, 9.17) is 10.00 Å². The zero-order valence-corrected chi connectivity index (χ0v) is 21.8. The van der Waals surface area contributed by atoms with Gasteiger partial charge < -0.3 is 19.7 Å². The van der Waals surface area contributed by atoms with Crippen molar-refractivity contribution >= 4 is 26.6 Å². The summed E-state index contributed by atoms with van der Waals surface area (Å²) >= 11 is 0. The lowest BCUT2D eigenvalue weighted by Gasteiger charge is -2.28. The summed E-state index contributed by atoms with van der Waals surface area (Å²) in [6, 6.07) is 6.97. The van der Waals surface area contributed by atoms with Crippen LogP contribution in [0.4, 0.5) is 4.39 Å². The van der Waals surface area contributed by atoms with Crippen LogP contribution in [0.2, 0.25) is 0 Å². The number of nitrogens with zero attached hydrogens (tertiary/aromatic N) is 4. The van der Waals surface area contributed by atoms with E-state index in [-0.39, 0.29) is 35.7 Å². The monoisotopic (exact) mass is 543 g/mol. The Bertz CT molecular complexity index is 1640. The Morgan fingerprint density at radius 2 is 2.05 bits per heavy atom. The van der Waals surface area contributed by atoms with Crippen molar-refractivity contribution in [2.45, 2.75) is 42.7 Å². The maximum Gasteiger partial charge on any atom is 0.263 e. The Balaban J connectivity index is 1.58. The summed E-state index contributed by atoms with van der Waals surface area (Å²) in [5.41, 5.74) is -0.342. The van der Waals surface area contributed by atoms with Crippen LogP contribution in [0.15, 0.2) is 35.3 Å². The normalized spacial score (nSPS) is 14.6. The van der Waals surface area contributed by atoms with E-state index < -0.39 is 43.2 Å². The average molecular weight is 544 g/mol. The van der Waals surface area contributed by atoms with E-state index in [1.165, 1.54) is 49.9 Å². The highest BCUT2D eigenvalue weighted by Crippen LogP contribution is 2.48. The van der Waals surface area contributed by atoms with Crippen LogP contribution in [-0.2, 0) is 23.4 Å². The zero-order chi connectivity index (χ0) is 27.9. The first kappa shape index (κ1) is 27.2. The van der Waals surface area contributed by atoms with Crippen LogP contribution in [0.3, 0.4) is 0 Å². The molecule has 200 valence electrons. The van der Waals surface area contributed by atoms with Gasteiger partial charge in [-0.1, -0.05) is 6.07 Å². The molecule has 0 aliphatic heterocycles. The number of amides is 1. The van der Waals surface area contributed by atoms with Gasteiger partial charge in [0, 0.05) is 19.0 Å². The highest BCUT2D eigenvalue weighted by atomic mass is 32.2. The van der Waals surface area contributed by atoms with E-state index in [0.29, 0.717) is 23.8 Å². The van der Waals surface area contributed by atoms with Crippen molar-refractivity contribution in [3.05, 3.63) is 63.3 Å². The second-order valence-corrected chi connectivity index (χ2v) is 12.9. The third kappa shape index (κ3) is 4.61. The molecule has 4 rings (SSSR count). The van der Waals surface area contributed by atoms with Gasteiger partial charge in [0.1, 0.15) is 34.3 Å². The molecule has 1 fully saturated rings. The number of benzene rings is 1. The molecule has 1 aliphatic carbocycles. The fourth-order valence-electron chi connectivity index (χ4n) is 4.12. The molecule has 0 unspecified atom stereocenters. The van der Waals surface area contributed by atoms with E-state index in [2.05, 4.69) is 15.5 Å². The number of halogens is 1. The molecule has 1 aliphatic rings. The van der Waals surface area contributed by atoms with Crippen molar-refractivity contribution in [2.24, 2.45) is 7.05 Å². The van der Waals surface area contributed by atoms with E-state index in [1.54, 1.807) is 6.07 Å². The van der Waals surface area contributed by atoms with Gasteiger partial charge in [0.15, 0.2) is 9.84 Å². The molecular formula is C25H26FN5O6S. The second kappa shape index (κ2) is 9.77. The lowest BCUT2D eigenvalue weighted by atomic mass is 10.1. The number of carbonyl (C=O) groups is 1. The molecule has 2 N–H and O–H groups in total. The van der Waals surface area contributed by atoms with Crippen LogP contribution in [0.25, 0.3) is 10.9 Å². The van der Waals surface area contributed by atoms with Gasteiger partial charge >= 0.3 is 0 Å². The van der Waals surface area contributed by atoms with Gasteiger partial charge in [-0.15, -0.1) is 5.10 Å². The number of carbonyl (C=O) groups excluding carboxylic acids is 1. The molecule has 3 aromatic rings. The van der Waals surface area contributed by atoms with Crippen LogP contribution in [-0.4, -0.2) is 56.9 Å². The van der Waals surface area contributed by atoms with Crippen molar-refractivity contribution in [3.8, 4) is 11.9 Å². The quantitative estimate of drug-likeness (QED) is 0.405. The molecule has 0 radical (unpaired) electrons. The van der Waals surface area contributed by atoms with Crippen molar-refractivity contribution < 1.29 is 27.4 Å². The summed E-state index contributed by atoms with van der Waals surface area (Å²) in [5, 5.41) is 29.2. The van der Waals surface area contributed by atoms with Crippen LogP contribution in [0.1, 0.15) is 48.2 Å². The van der Waals surface area contributed by atoms with Crippen molar-refractivity contribution in [2.75, 3.05) is 13.2 Å². The molecule has 0 bridgehead atoms. The first-order valence-corrected chi connectivity index (χ1v) is 13.2. The number of nitriles is 1. The Morgan fingerprint density at radius 3 is 2.66 bits per heavy atom. The summed E-state index contributed by atoms with van der Waals surface area (Å²) in [6.07, 6.45) is 2.07. The standard InChI is InChI=1S/C25H26FN5O6S/c1-24(2,13-32)38(35,36)25(6-7-25)14-37-22-20-17(12-29-30-22)9-18(23(34)31(20)3)21(33)28-11-15-4-5-16(10-27)19(26)8-15/h4-5,8-9,12,32H,6-7,11,13-14H2,1-3H3,(H,28,33). The Labute approximate surface area is 217 Å². The number of aryl methyl sites for hydroxylation is 1. The fourth-order valence-corrected chi connectivity index (χ4v) is 6.31. The highest BCUT2D eigenvalue weighted by Gasteiger charge is 2.60. The van der Waals surface area contributed by atoms with Gasteiger partial charge in [0.2, 0.25) is 0 Å². The summed E-state index contributed by atoms with van der Waals surface area (Å²) < 4.78 is 44.5. The Morgan fingerprint density at radius 1 is 1.34 bits per heavy atom. The summed E-state index contributed by atoms with van der Waals surface area (Å²) in [5.74, 6) is -1.48. The highest BCUT2D eigenvalue weighted by molar-refractivity contribution is 7.94. The third-order valence-electron chi connectivity index (χ3n) is 6.80. The minimum atomic E-state index is -3.76. The second-order valence-electron chi connectivity index (χ2n) is 9.88. The first-order valence-electron chi connectivity index (χ1n) is 11.7. The number of hydrogen-bond acceptors (Lipinski definition) is 9. The molecule has 0 atom stereocenters. The number of aliphatic hydroxyl groups excluding tert-OH is 1. The maximum atomic E-state index is 13.9. The van der Waals surface area contributed by atoms with E-state index in [1.807, 2.05) is 0 Å². The Kier molecular flexibility index (Phi) is 6.98. The number of nitrogens with one attached hydrogen (secondary N) is 1. The van der Waals surface area contributed by atoms with Crippen molar-refractivity contribution in [3.63, 3.8) is 0 Å². The predicted molar refractivity (Wildman–Crippen MR) is 135 cm³/mol. The molecule has 0 spiro atoms. The van der Waals surface area contributed by atoms with Gasteiger partial charge in [-0.2, -0.15) is 10.4 Å². The number of aromatic nitrogens is 3. The summed E-state index contributed by atoms with van der Waals surface area (Å²) in [7, 11) is -2.34. The molecule has 2 heterocycles. The van der Waals surface area contributed by atoms with E-state index in [0.717, 1.165) is 6.07 Å². The molecule has 1 aromatic carbocycles. The van der Waals surface area contributed by atoms with E-state index >= 15 is 0 Å². The van der Waals surface area contributed by atoms with Gasteiger partial charge in [-0.25, -0.2) is 12.8 Å². The molecule has 0 saturated heterocycles. The van der Waals surface area contributed by atoms with Crippen LogP contribution in [0.5, 0.6) is 5.88 Å². The smallest absolute Gasteiger partial charge is 0.263 e. The largest absolute Gasteiger partial charge is 0.473 e. The molecule has 1 saturated carbocycles. The molecule has 38 heavy (non-hydrogen) atoms. The van der Waals surface area contributed by atoms with Crippen LogP contribution >= 0.6 is 0 Å². The number of pyridine rings is 1. The minimum Gasteiger partial charge on any atom is -0.473 e. The number of fused-ring (bicyclic) bond motifs is 1. The SMILES string of the molecule is Cn1c(=O)c(C(=O)NCc2ccc(C#N)c(F)c2)cc2cnnc(OCC3(S(=O)(=O)C(C)(C)CO)CC3)c21. The number of rotatable bonds is 9. The molecule has 1 amide bonds. The maximum absolute atomic E-state index is 13.9. The molecular weight excluding hydrogens is 517 g/mol. The lowest BCUT2D eigenvalue weighted by molar-refractivity contribution is 0.0949. The van der Waals surface area contributed by atoms with Gasteiger partial charge in [-0.05, 0) is 50.5 Å². The third-order valence-corrected chi connectivity index (χ3v) is 10.1. The lowest BCUT2D eigenvalue weighted by Crippen LogP contribution is -2.46. The summed E-state index contributed by atoms with van der Waals surface area (Å²) in [4.78, 5) is 25.8. The number of sulfone groups is 1. The topological polar surface area (TPSA) is 164 Å². The number of hydrogen-bond donors (Lipinski definition) is 2. The minimum absolute atomic E-state index is 0.0644. The number of ether oxygens (including phenoxy) is 1. The van der Waals surface area contributed by atoms with Gasteiger partial charge in [0.05, 0.1) is 23.1 Å². The molecule has 13 heteroatoms. The Hall–Kier alpha value is -3.89. The fraction of sp³-hybridized carbons (Fsp3) is 0.400. The van der Waals surface area contributed by atoms with E-state index in [9.17, 15) is 27.5 Å². The molecule has 11 nitrogen and oxygen atoms in total. The average Bonchev–Trinajstić information content (AvgIpc) is 3.69. The van der Waals surface area contributed by atoms with Crippen LogP contribution in [0, 0.1) is 17.1 Å². The predicted octanol–water partition coefficient (Wildman–Crippen LogP) is 1.37. The van der Waals surface area contributed by atoms with Crippen molar-refractivity contribution in [1.29, 1.82) is 5.26 Å².